The fourth-order valence-corrected chi connectivity index (χ4v) is 1.41. The molecule has 1 aromatic carbocycles. The molecule has 0 aliphatic rings. The van der Waals surface area contributed by atoms with Crippen LogP contribution in [0.1, 0.15) is 5.56 Å². The number of ketones is 1. The Hall–Kier alpha value is -1.30. The van der Waals surface area contributed by atoms with Crippen molar-refractivity contribution >= 4 is 27.7 Å². The second-order valence-electron chi connectivity index (χ2n) is 2.73. The molecule has 0 amide bonds. The third kappa shape index (κ3) is 2.59. The minimum Gasteiger partial charge on any atom is -0.475 e. The van der Waals surface area contributed by atoms with Crippen LogP contribution in [-0.2, 0) is 16.0 Å². The van der Waals surface area contributed by atoms with Crippen molar-refractivity contribution < 1.29 is 23.5 Å². The number of Topliss-reactive ketones (excluding diaryl/α,β-unsaturated/α-hetero) is 1. The Morgan fingerprint density at radius 1 is 1.33 bits per heavy atom. The third-order valence-electron chi connectivity index (χ3n) is 1.71. The van der Waals surface area contributed by atoms with E-state index >= 15 is 0 Å². The van der Waals surface area contributed by atoms with Gasteiger partial charge in [-0.25, -0.2) is 13.6 Å². The number of carbonyl (C=O) groups is 2. The predicted molar refractivity (Wildman–Crippen MR) is 50.4 cm³/mol. The smallest absolute Gasteiger partial charge is 0.372 e. The van der Waals surface area contributed by atoms with Gasteiger partial charge in [0.25, 0.3) is 0 Å². The standard InChI is InChI=1S/C9H5BrF2O3/c10-5-1-2-6(11)8(12)4(5)3-7(13)9(14)15/h1-2H,3H2,(H,14,15). The molecule has 80 valence electrons. The molecule has 0 unspecified atom stereocenters. The maximum absolute atomic E-state index is 13.1. The molecule has 0 bridgehead atoms. The van der Waals surface area contributed by atoms with Crippen molar-refractivity contribution in [3.63, 3.8) is 0 Å². The zero-order chi connectivity index (χ0) is 11.6. The molecule has 0 saturated heterocycles. The lowest BCUT2D eigenvalue weighted by molar-refractivity contribution is -0.148. The summed E-state index contributed by atoms with van der Waals surface area (Å²) >= 11 is 2.91. The van der Waals surface area contributed by atoms with Gasteiger partial charge < -0.3 is 5.11 Å². The van der Waals surface area contributed by atoms with E-state index in [1.54, 1.807) is 0 Å². The lowest BCUT2D eigenvalue weighted by atomic mass is 10.1. The van der Waals surface area contributed by atoms with Crippen molar-refractivity contribution in [1.82, 2.24) is 0 Å². The number of hydrogen-bond acceptors (Lipinski definition) is 2. The highest BCUT2D eigenvalue weighted by Gasteiger charge is 2.19. The number of aliphatic carboxylic acids is 1. The molecule has 0 spiro atoms. The van der Waals surface area contributed by atoms with E-state index in [1.807, 2.05) is 0 Å². The van der Waals surface area contributed by atoms with Gasteiger partial charge in [-0.1, -0.05) is 15.9 Å². The summed E-state index contributed by atoms with van der Waals surface area (Å²) in [6.45, 7) is 0. The monoisotopic (exact) mass is 278 g/mol. The molecular weight excluding hydrogens is 274 g/mol. The molecule has 0 radical (unpaired) electrons. The second-order valence-corrected chi connectivity index (χ2v) is 3.58. The maximum atomic E-state index is 13.1. The molecule has 0 atom stereocenters. The molecule has 0 aliphatic carbocycles. The minimum atomic E-state index is -1.68. The summed E-state index contributed by atoms with van der Waals surface area (Å²) in [5, 5.41) is 8.31. The third-order valence-corrected chi connectivity index (χ3v) is 2.46. The Morgan fingerprint density at radius 2 is 1.93 bits per heavy atom. The first-order chi connectivity index (χ1) is 6.93. The van der Waals surface area contributed by atoms with Crippen LogP contribution in [0.15, 0.2) is 16.6 Å². The SMILES string of the molecule is O=C(O)C(=O)Cc1c(Br)ccc(F)c1F. The van der Waals surface area contributed by atoms with Gasteiger partial charge in [-0.15, -0.1) is 0 Å². The van der Waals surface area contributed by atoms with Crippen molar-refractivity contribution in [2.75, 3.05) is 0 Å². The average Bonchev–Trinajstić information content (AvgIpc) is 2.18. The minimum absolute atomic E-state index is 0.163. The van der Waals surface area contributed by atoms with E-state index in [0.29, 0.717) is 0 Å². The fourth-order valence-electron chi connectivity index (χ4n) is 0.967. The average molecular weight is 279 g/mol. The Kier molecular flexibility index (Phi) is 3.52. The molecule has 1 rings (SSSR count). The van der Waals surface area contributed by atoms with Crippen LogP contribution in [0.3, 0.4) is 0 Å². The molecule has 6 heteroatoms. The lowest BCUT2D eigenvalue weighted by Gasteiger charge is -2.04. The van der Waals surface area contributed by atoms with Crippen LogP contribution in [0.2, 0.25) is 0 Å². The van der Waals surface area contributed by atoms with E-state index in [1.165, 1.54) is 6.07 Å². The van der Waals surface area contributed by atoms with E-state index in [-0.39, 0.29) is 10.0 Å². The summed E-state index contributed by atoms with van der Waals surface area (Å²) in [5.41, 5.74) is -0.289. The summed E-state index contributed by atoms with van der Waals surface area (Å²) in [4.78, 5) is 21.0. The van der Waals surface area contributed by atoms with Crippen LogP contribution in [0.25, 0.3) is 0 Å². The lowest BCUT2D eigenvalue weighted by Crippen LogP contribution is -2.16. The van der Waals surface area contributed by atoms with E-state index in [4.69, 9.17) is 5.11 Å². The number of carboxylic acids is 1. The van der Waals surface area contributed by atoms with Gasteiger partial charge in [0.2, 0.25) is 5.78 Å². The normalized spacial score (nSPS) is 10.1. The van der Waals surface area contributed by atoms with Crippen LogP contribution in [0.4, 0.5) is 8.78 Å². The molecule has 0 fully saturated rings. The Morgan fingerprint density at radius 3 is 2.47 bits per heavy atom. The highest BCUT2D eigenvalue weighted by molar-refractivity contribution is 9.10. The number of hydrogen-bond donors (Lipinski definition) is 1. The van der Waals surface area contributed by atoms with Gasteiger partial charge in [0.1, 0.15) is 0 Å². The van der Waals surface area contributed by atoms with Crippen LogP contribution >= 0.6 is 15.9 Å². The molecule has 0 saturated carbocycles. The van der Waals surface area contributed by atoms with Crippen LogP contribution in [0.5, 0.6) is 0 Å². The first-order valence-electron chi connectivity index (χ1n) is 3.82. The van der Waals surface area contributed by atoms with Crippen LogP contribution in [0, 0.1) is 11.6 Å². The molecule has 3 nitrogen and oxygen atoms in total. The van der Waals surface area contributed by atoms with Gasteiger partial charge in [0, 0.05) is 16.5 Å². The number of carboxylic acid groups (broad SMARTS) is 1. The van der Waals surface area contributed by atoms with E-state index in [9.17, 15) is 18.4 Å². The van der Waals surface area contributed by atoms with Crippen molar-refractivity contribution in [2.24, 2.45) is 0 Å². The predicted octanol–water partition coefficient (Wildman–Crippen LogP) is 1.92. The molecule has 0 aliphatic heterocycles. The largest absolute Gasteiger partial charge is 0.475 e. The summed E-state index contributed by atoms with van der Waals surface area (Å²) in [7, 11) is 0. The van der Waals surface area contributed by atoms with Crippen molar-refractivity contribution in [2.45, 2.75) is 6.42 Å². The van der Waals surface area contributed by atoms with Gasteiger partial charge in [0.05, 0.1) is 0 Å². The first-order valence-corrected chi connectivity index (χ1v) is 4.61. The van der Waals surface area contributed by atoms with E-state index in [0.717, 1.165) is 6.07 Å². The topological polar surface area (TPSA) is 54.4 Å². The van der Waals surface area contributed by atoms with Crippen molar-refractivity contribution in [1.29, 1.82) is 0 Å². The fraction of sp³-hybridized carbons (Fsp3) is 0.111. The van der Waals surface area contributed by atoms with Gasteiger partial charge in [-0.2, -0.15) is 0 Å². The number of carbonyl (C=O) groups excluding carboxylic acids is 1. The second kappa shape index (κ2) is 4.48. The maximum Gasteiger partial charge on any atom is 0.372 e. The Bertz CT molecular complexity index is 432. The van der Waals surface area contributed by atoms with Gasteiger partial charge in [-0.05, 0) is 12.1 Å². The summed E-state index contributed by atoms with van der Waals surface area (Å²) in [6, 6.07) is 2.09. The number of rotatable bonds is 3. The molecule has 15 heavy (non-hydrogen) atoms. The number of halogens is 3. The first kappa shape index (κ1) is 11.8. The molecule has 1 aromatic rings. The molecular formula is C9H5BrF2O3. The Labute approximate surface area is 91.8 Å². The van der Waals surface area contributed by atoms with Gasteiger partial charge in [0.15, 0.2) is 11.6 Å². The van der Waals surface area contributed by atoms with E-state index in [2.05, 4.69) is 15.9 Å². The quantitative estimate of drug-likeness (QED) is 0.679. The van der Waals surface area contributed by atoms with Crippen molar-refractivity contribution in [3.8, 4) is 0 Å². The molecule has 1 N–H and O–H groups in total. The summed E-state index contributed by atoms with van der Waals surface area (Å²) in [5.74, 6) is -5.20. The van der Waals surface area contributed by atoms with Gasteiger partial charge >= 0.3 is 5.97 Å². The van der Waals surface area contributed by atoms with Crippen LogP contribution < -0.4 is 0 Å². The highest BCUT2D eigenvalue weighted by Crippen LogP contribution is 2.22. The summed E-state index contributed by atoms with van der Waals surface area (Å²) < 4.78 is 26.1. The van der Waals surface area contributed by atoms with Gasteiger partial charge in [-0.3, -0.25) is 4.79 Å². The highest BCUT2D eigenvalue weighted by atomic mass is 79.9. The molecule has 0 heterocycles. The van der Waals surface area contributed by atoms with Crippen LogP contribution in [-0.4, -0.2) is 16.9 Å². The van der Waals surface area contributed by atoms with E-state index < -0.39 is 29.8 Å². The van der Waals surface area contributed by atoms with Crippen molar-refractivity contribution in [3.05, 3.63) is 33.8 Å². The zero-order valence-electron chi connectivity index (χ0n) is 7.26. The summed E-state index contributed by atoms with van der Waals surface area (Å²) in [6.07, 6.45) is -0.681. The Balaban J connectivity index is 3.09. The molecule has 0 aromatic heterocycles. The zero-order valence-corrected chi connectivity index (χ0v) is 8.85. The number of benzene rings is 1.